The molecule has 2 aliphatic heterocycles. The second kappa shape index (κ2) is 9.21. The van der Waals surface area contributed by atoms with Crippen molar-refractivity contribution in [3.63, 3.8) is 0 Å². The van der Waals surface area contributed by atoms with Crippen molar-refractivity contribution in [2.24, 2.45) is 0 Å². The van der Waals surface area contributed by atoms with E-state index in [0.29, 0.717) is 11.1 Å². The normalized spacial score (nSPS) is 23.7. The van der Waals surface area contributed by atoms with Crippen molar-refractivity contribution < 1.29 is 38.1 Å². The highest BCUT2D eigenvalue weighted by Gasteiger charge is 2.73. The fourth-order valence-electron chi connectivity index (χ4n) is 4.35. The molecule has 186 valence electrons. The quantitative estimate of drug-likeness (QED) is 0.471. The van der Waals surface area contributed by atoms with Crippen LogP contribution in [-0.2, 0) is 38.1 Å². The number of allylic oxidation sites excluding steroid dienone is 2. The van der Waals surface area contributed by atoms with Gasteiger partial charge in [0.1, 0.15) is 0 Å². The fraction of sp³-hybridized carbons (Fsp3) is 0.231. The molecule has 2 heterocycles. The zero-order chi connectivity index (χ0) is 26.1. The Bertz CT molecular complexity index is 1200. The van der Waals surface area contributed by atoms with Crippen LogP contribution in [0.5, 0.6) is 0 Å². The van der Waals surface area contributed by atoms with E-state index in [9.17, 15) is 19.2 Å². The lowest BCUT2D eigenvalue weighted by molar-refractivity contribution is -0.240. The summed E-state index contributed by atoms with van der Waals surface area (Å²) < 4.78 is 21.1. The maximum atomic E-state index is 13.3. The number of benzene rings is 2. The summed E-state index contributed by atoms with van der Waals surface area (Å²) in [7, 11) is 2.08. The molecule has 2 aliphatic rings. The van der Waals surface area contributed by atoms with Gasteiger partial charge in [-0.05, 0) is 25.0 Å². The Labute approximate surface area is 206 Å². The predicted octanol–water partition coefficient (Wildman–Crippen LogP) is 1.88. The van der Waals surface area contributed by atoms with Gasteiger partial charge in [-0.1, -0.05) is 60.7 Å². The summed E-state index contributed by atoms with van der Waals surface area (Å²) in [5.74, 6) is -4.30. The van der Waals surface area contributed by atoms with E-state index in [0.717, 1.165) is 14.2 Å². The summed E-state index contributed by atoms with van der Waals surface area (Å²) in [6, 6.07) is 17.2. The Morgan fingerprint density at radius 2 is 1.00 bits per heavy atom. The van der Waals surface area contributed by atoms with Crippen molar-refractivity contribution in [1.82, 2.24) is 10.6 Å². The number of methoxy groups -OCH3 is 2. The van der Waals surface area contributed by atoms with Crippen molar-refractivity contribution in [3.8, 4) is 0 Å². The number of cyclic esters (lactones) is 2. The van der Waals surface area contributed by atoms with E-state index in [4.69, 9.17) is 18.9 Å². The van der Waals surface area contributed by atoms with E-state index in [-0.39, 0.29) is 22.5 Å². The van der Waals surface area contributed by atoms with Gasteiger partial charge >= 0.3 is 35.3 Å². The predicted molar refractivity (Wildman–Crippen MR) is 126 cm³/mol. The molecule has 0 amide bonds. The van der Waals surface area contributed by atoms with Crippen LogP contribution in [-0.4, -0.2) is 49.5 Å². The van der Waals surface area contributed by atoms with Crippen LogP contribution >= 0.6 is 0 Å². The van der Waals surface area contributed by atoms with Gasteiger partial charge in [0.05, 0.1) is 25.4 Å². The Hall–Kier alpha value is -4.60. The summed E-state index contributed by atoms with van der Waals surface area (Å²) in [5, 5.41) is 5.56. The van der Waals surface area contributed by atoms with E-state index in [2.05, 4.69) is 10.6 Å². The second-order valence-corrected chi connectivity index (χ2v) is 8.11. The first-order valence-electron chi connectivity index (χ1n) is 10.9. The molecule has 4 rings (SSSR count). The van der Waals surface area contributed by atoms with Gasteiger partial charge in [0.2, 0.25) is 0 Å². The van der Waals surface area contributed by atoms with Crippen molar-refractivity contribution in [3.05, 3.63) is 83.2 Å². The molecule has 2 N–H and O–H groups in total. The molecule has 0 spiro atoms. The third-order valence-electron chi connectivity index (χ3n) is 5.94. The van der Waals surface area contributed by atoms with Crippen LogP contribution in [0, 0.1) is 0 Å². The van der Waals surface area contributed by atoms with Gasteiger partial charge in [-0.3, -0.25) is 0 Å². The summed E-state index contributed by atoms with van der Waals surface area (Å²) in [5.41, 5.74) is -3.70. The van der Waals surface area contributed by atoms with E-state index >= 15 is 0 Å². The van der Waals surface area contributed by atoms with Crippen molar-refractivity contribution in [2.45, 2.75) is 25.3 Å². The third-order valence-corrected chi connectivity index (χ3v) is 5.94. The molecule has 36 heavy (non-hydrogen) atoms. The zero-order valence-electron chi connectivity index (χ0n) is 20.0. The molecule has 10 nitrogen and oxygen atoms in total. The van der Waals surface area contributed by atoms with Gasteiger partial charge in [-0.15, -0.1) is 0 Å². The Morgan fingerprint density at radius 1 is 0.667 bits per heavy atom. The van der Waals surface area contributed by atoms with Crippen molar-refractivity contribution >= 4 is 35.0 Å². The molecular formula is C26H24N2O8. The van der Waals surface area contributed by atoms with E-state index in [1.165, 1.54) is 13.8 Å². The van der Waals surface area contributed by atoms with E-state index < -0.39 is 35.3 Å². The first-order chi connectivity index (χ1) is 17.2. The zero-order valence-corrected chi connectivity index (χ0v) is 20.0. The minimum absolute atomic E-state index is 0.120. The molecular weight excluding hydrogens is 468 g/mol. The first kappa shape index (κ1) is 24.5. The number of carbonyl (C=O) groups excluding carboxylic acids is 4. The Morgan fingerprint density at radius 3 is 1.28 bits per heavy atom. The number of hydrogen-bond donors (Lipinski definition) is 2. The number of nitrogens with one attached hydrogen (secondary N) is 2. The first-order valence-corrected chi connectivity index (χ1v) is 10.9. The number of rotatable bonds is 5. The third kappa shape index (κ3) is 3.67. The summed E-state index contributed by atoms with van der Waals surface area (Å²) in [6.45, 7) is 3.04. The smallest absolute Gasteiger partial charge is 0.379 e. The monoisotopic (exact) mass is 492 g/mol. The van der Waals surface area contributed by atoms with Crippen LogP contribution in [0.4, 0.5) is 0 Å². The average Bonchev–Trinajstić information content (AvgIpc) is 2.87. The van der Waals surface area contributed by atoms with Crippen LogP contribution in [0.1, 0.15) is 25.0 Å². The van der Waals surface area contributed by atoms with E-state index in [1.807, 2.05) is 0 Å². The number of ether oxygens (including phenoxy) is 4. The van der Waals surface area contributed by atoms with Crippen LogP contribution in [0.3, 0.4) is 0 Å². The van der Waals surface area contributed by atoms with Crippen LogP contribution in [0.15, 0.2) is 72.1 Å². The highest BCUT2D eigenvalue weighted by molar-refractivity contribution is 6.21. The van der Waals surface area contributed by atoms with Gasteiger partial charge in [-0.2, -0.15) is 0 Å². The standard InChI is InChI=1S/C26H24N2O8/c1-15-19(17-11-7-5-8-12-17)21(29)35-25(27-15,23(31)33-3)26(24(32)34-4)28-16(2)20(22(30)36-26)18-13-9-6-10-14-18/h5-14,27-28H,1-4H3. The maximum absolute atomic E-state index is 13.3. The molecule has 0 radical (unpaired) electrons. The molecule has 0 saturated carbocycles. The molecule has 2 atom stereocenters. The molecule has 2 aromatic carbocycles. The maximum Gasteiger partial charge on any atom is 0.379 e. The summed E-state index contributed by atoms with van der Waals surface area (Å²) >= 11 is 0. The minimum atomic E-state index is -2.66. The molecule has 10 heteroatoms. The molecule has 2 aromatic rings. The highest BCUT2D eigenvalue weighted by Crippen LogP contribution is 2.40. The molecule has 0 aromatic heterocycles. The lowest BCUT2D eigenvalue weighted by Gasteiger charge is -2.48. The second-order valence-electron chi connectivity index (χ2n) is 8.11. The Balaban J connectivity index is 1.92. The van der Waals surface area contributed by atoms with Crippen molar-refractivity contribution in [2.75, 3.05) is 14.2 Å². The van der Waals surface area contributed by atoms with E-state index in [1.54, 1.807) is 60.7 Å². The minimum Gasteiger partial charge on any atom is -0.464 e. The lowest BCUT2D eigenvalue weighted by Crippen LogP contribution is -2.80. The van der Waals surface area contributed by atoms with Crippen molar-refractivity contribution in [1.29, 1.82) is 0 Å². The average molecular weight is 492 g/mol. The number of esters is 4. The van der Waals surface area contributed by atoms with Crippen LogP contribution in [0.2, 0.25) is 0 Å². The molecule has 0 saturated heterocycles. The Kier molecular flexibility index (Phi) is 6.28. The van der Waals surface area contributed by atoms with Gasteiger partial charge in [0, 0.05) is 11.4 Å². The lowest BCUT2D eigenvalue weighted by atomic mass is 9.90. The van der Waals surface area contributed by atoms with Gasteiger partial charge in [0.25, 0.3) is 0 Å². The SMILES string of the molecule is COC(=O)C1(C2(C(=O)OC)NC(C)=C(c3ccccc3)C(=O)O2)NC(C)=C(c2ccccc2)C(=O)O1. The molecule has 2 unspecified atom stereocenters. The van der Waals surface area contributed by atoms with Crippen LogP contribution in [0.25, 0.3) is 11.1 Å². The summed E-state index contributed by atoms with van der Waals surface area (Å²) in [4.78, 5) is 53.2. The van der Waals surface area contributed by atoms with Gasteiger partial charge in [-0.25, -0.2) is 19.2 Å². The number of hydrogen-bond acceptors (Lipinski definition) is 10. The van der Waals surface area contributed by atoms with Gasteiger partial charge in [0.15, 0.2) is 0 Å². The highest BCUT2D eigenvalue weighted by atomic mass is 16.7. The molecule has 0 bridgehead atoms. The molecule has 0 aliphatic carbocycles. The fourth-order valence-corrected chi connectivity index (χ4v) is 4.35. The molecule has 0 fully saturated rings. The van der Waals surface area contributed by atoms with Gasteiger partial charge < -0.3 is 29.6 Å². The number of carbonyl (C=O) groups is 4. The largest absolute Gasteiger partial charge is 0.464 e. The van der Waals surface area contributed by atoms with Crippen LogP contribution < -0.4 is 10.6 Å². The summed E-state index contributed by atoms with van der Waals surface area (Å²) in [6.07, 6.45) is 0. The topological polar surface area (TPSA) is 129 Å².